The summed E-state index contributed by atoms with van der Waals surface area (Å²) in [5.74, 6) is 0.313. The number of thiol groups is 1. The molecule has 1 aromatic rings. The summed E-state index contributed by atoms with van der Waals surface area (Å²) in [5.41, 5.74) is 1.20. The number of carbonyl (C=O) groups excluding carboxylic acids is 2. The molecule has 1 aliphatic heterocycles. The molecule has 1 aromatic carbocycles. The number of nitrogens with zero attached hydrogens (tertiary/aromatic N) is 1. The molecule has 1 aliphatic rings. The average Bonchev–Trinajstić information content (AvgIpc) is 2.48. The lowest BCUT2D eigenvalue weighted by Gasteiger charge is -2.38. The molecule has 1 fully saturated rings. The molecule has 1 heterocycles. The second-order valence-electron chi connectivity index (χ2n) is 5.56. The van der Waals surface area contributed by atoms with Crippen LogP contribution in [-0.4, -0.2) is 49.2 Å². The van der Waals surface area contributed by atoms with Crippen molar-refractivity contribution in [1.29, 1.82) is 0 Å². The van der Waals surface area contributed by atoms with Gasteiger partial charge in [0, 0.05) is 17.8 Å². The van der Waals surface area contributed by atoms with Crippen molar-refractivity contribution in [3.05, 3.63) is 23.8 Å². The van der Waals surface area contributed by atoms with Crippen LogP contribution in [0.15, 0.2) is 18.2 Å². The number of rotatable bonds is 5. The number of amides is 2. The second kappa shape index (κ2) is 7.45. The fourth-order valence-electron chi connectivity index (χ4n) is 2.21. The van der Waals surface area contributed by atoms with Gasteiger partial charge in [0.2, 0.25) is 0 Å². The number of hydrogen-bond acceptors (Lipinski definition) is 6. The molecule has 23 heavy (non-hydrogen) atoms. The number of ether oxygens (including phenoxy) is 2. The third-order valence-electron chi connectivity index (χ3n) is 3.38. The van der Waals surface area contributed by atoms with Gasteiger partial charge in [-0.1, -0.05) is 12.8 Å². The topological polar surface area (TPSA) is 79.9 Å². The summed E-state index contributed by atoms with van der Waals surface area (Å²) >= 11 is 3.96. The van der Waals surface area contributed by atoms with Gasteiger partial charge in [-0.15, -0.1) is 0 Å². The highest BCUT2D eigenvalue weighted by molar-refractivity contribution is 7.81. The molecule has 0 aromatic heterocycles. The van der Waals surface area contributed by atoms with E-state index < -0.39 is 6.09 Å². The van der Waals surface area contributed by atoms with Crippen molar-refractivity contribution in [2.75, 3.05) is 24.9 Å². The summed E-state index contributed by atoms with van der Waals surface area (Å²) in [6.07, 6.45) is -0.735. The van der Waals surface area contributed by atoms with E-state index in [1.165, 1.54) is 7.11 Å². The highest BCUT2D eigenvalue weighted by atomic mass is 32.1. The fraction of sp³-hybridized carbons (Fsp3) is 0.467. The molecule has 2 rings (SSSR count). The molecule has 2 amide bonds. The maximum atomic E-state index is 12.5. The lowest BCUT2D eigenvalue weighted by atomic mass is 10.1. The Hall–Kier alpha value is -2.09. The predicted molar refractivity (Wildman–Crippen MR) is 90.0 cm³/mol. The molecule has 0 unspecified atom stereocenters. The summed E-state index contributed by atoms with van der Waals surface area (Å²) in [4.78, 5) is 25.6. The van der Waals surface area contributed by atoms with Crippen LogP contribution < -0.4 is 14.8 Å². The first kappa shape index (κ1) is 17.3. The number of anilines is 1. The number of nitrogens with one attached hydrogen (secondary N) is 2. The third kappa shape index (κ3) is 4.22. The molecule has 0 spiro atoms. The lowest BCUT2D eigenvalue weighted by molar-refractivity contribution is -0.00715. The van der Waals surface area contributed by atoms with Crippen molar-refractivity contribution in [3.8, 4) is 5.75 Å². The highest BCUT2D eigenvalue weighted by Gasteiger charge is 2.35. The number of hydrogen-bond donors (Lipinski definition) is 3. The normalized spacial score (nSPS) is 14.2. The smallest absolute Gasteiger partial charge is 0.407 e. The zero-order chi connectivity index (χ0) is 17.0. The van der Waals surface area contributed by atoms with Crippen LogP contribution in [0, 0.1) is 0 Å². The Balaban J connectivity index is 1.93. The largest absolute Gasteiger partial charge is 0.496 e. The average molecular weight is 339 g/mol. The first-order chi connectivity index (χ1) is 10.9. The van der Waals surface area contributed by atoms with E-state index in [1.807, 2.05) is 13.8 Å². The van der Waals surface area contributed by atoms with Crippen molar-refractivity contribution in [2.24, 2.45) is 0 Å². The number of alkyl carbamates (subject to hydrolysis) is 1. The van der Waals surface area contributed by atoms with Gasteiger partial charge in [0.05, 0.1) is 25.8 Å². The van der Waals surface area contributed by atoms with E-state index >= 15 is 0 Å². The van der Waals surface area contributed by atoms with Gasteiger partial charge in [-0.05, 0) is 26.0 Å². The first-order valence-corrected chi connectivity index (χ1v) is 7.74. The Labute approximate surface area is 140 Å². The van der Waals surface area contributed by atoms with E-state index in [0.717, 1.165) is 5.69 Å². The van der Waals surface area contributed by atoms with Crippen LogP contribution in [0.1, 0.15) is 24.2 Å². The Kier molecular flexibility index (Phi) is 5.59. The van der Waals surface area contributed by atoms with Gasteiger partial charge < -0.3 is 24.4 Å². The van der Waals surface area contributed by atoms with Crippen molar-refractivity contribution in [2.45, 2.75) is 26.0 Å². The van der Waals surface area contributed by atoms with E-state index in [2.05, 4.69) is 22.9 Å². The number of likely N-dealkylation sites (tertiary alicyclic amines) is 1. The molecule has 126 valence electrons. The first-order valence-electron chi connectivity index (χ1n) is 7.29. The van der Waals surface area contributed by atoms with E-state index in [4.69, 9.17) is 9.47 Å². The summed E-state index contributed by atoms with van der Waals surface area (Å²) in [7, 11) is 1.51. The van der Waals surface area contributed by atoms with Crippen molar-refractivity contribution < 1.29 is 19.1 Å². The molecule has 0 atom stereocenters. The fourth-order valence-corrected chi connectivity index (χ4v) is 2.35. The van der Waals surface area contributed by atoms with Gasteiger partial charge in [-0.25, -0.2) is 4.79 Å². The van der Waals surface area contributed by atoms with Gasteiger partial charge in [-0.2, -0.15) is 0 Å². The molecule has 8 heteroatoms. The molecule has 0 aliphatic carbocycles. The van der Waals surface area contributed by atoms with E-state index in [-0.39, 0.29) is 18.1 Å². The van der Waals surface area contributed by atoms with Gasteiger partial charge in [0.15, 0.2) is 0 Å². The van der Waals surface area contributed by atoms with Crippen LogP contribution in [-0.2, 0) is 4.74 Å². The minimum Gasteiger partial charge on any atom is -0.496 e. The SMILES string of the molecule is COc1cc(NS)ccc1C(=O)N1CC(OC(=O)NC(C)C)C1. The van der Waals surface area contributed by atoms with Crippen LogP contribution in [0.3, 0.4) is 0 Å². The zero-order valence-corrected chi connectivity index (χ0v) is 14.2. The molecule has 0 radical (unpaired) electrons. The van der Waals surface area contributed by atoms with Crippen molar-refractivity contribution in [1.82, 2.24) is 10.2 Å². The minimum atomic E-state index is -0.459. The maximum absolute atomic E-state index is 12.5. The summed E-state index contributed by atoms with van der Waals surface area (Å²) < 4.78 is 13.2. The third-order valence-corrected chi connectivity index (χ3v) is 3.63. The van der Waals surface area contributed by atoms with Crippen LogP contribution in [0.4, 0.5) is 10.5 Å². The standard InChI is InChI=1S/C15H21N3O4S/c1-9(2)16-15(20)22-11-7-18(8-11)14(19)12-5-4-10(17-23)6-13(12)21-3/h4-6,9,11,17,23H,7-8H2,1-3H3,(H,16,20). The van der Waals surface area contributed by atoms with Crippen LogP contribution in [0.2, 0.25) is 0 Å². The Bertz CT molecular complexity index is 588. The van der Waals surface area contributed by atoms with Gasteiger partial charge in [-0.3, -0.25) is 4.79 Å². The van der Waals surface area contributed by atoms with Crippen LogP contribution in [0.5, 0.6) is 5.75 Å². The second-order valence-corrected chi connectivity index (χ2v) is 5.79. The quantitative estimate of drug-likeness (QED) is 0.714. The molecular weight excluding hydrogens is 318 g/mol. The molecule has 0 saturated carbocycles. The molecule has 1 saturated heterocycles. The van der Waals surface area contributed by atoms with E-state index in [1.54, 1.807) is 23.1 Å². The number of carbonyl (C=O) groups is 2. The van der Waals surface area contributed by atoms with Crippen LogP contribution in [0.25, 0.3) is 0 Å². The molecule has 0 bridgehead atoms. The van der Waals surface area contributed by atoms with Gasteiger partial charge >= 0.3 is 6.09 Å². The molecule has 7 nitrogen and oxygen atoms in total. The van der Waals surface area contributed by atoms with Crippen molar-refractivity contribution >= 4 is 30.5 Å². The summed E-state index contributed by atoms with van der Waals surface area (Å²) in [5, 5.41) is 2.65. The predicted octanol–water partition coefficient (Wildman–Crippen LogP) is 1.91. The molecule has 2 N–H and O–H groups in total. The van der Waals surface area contributed by atoms with E-state index in [9.17, 15) is 9.59 Å². The highest BCUT2D eigenvalue weighted by Crippen LogP contribution is 2.26. The monoisotopic (exact) mass is 339 g/mol. The van der Waals surface area contributed by atoms with Gasteiger partial charge in [0.1, 0.15) is 11.9 Å². The minimum absolute atomic E-state index is 0.0172. The molecular formula is C15H21N3O4S. The summed E-state index contributed by atoms with van der Waals surface area (Å²) in [6.45, 7) is 4.46. The maximum Gasteiger partial charge on any atom is 0.407 e. The summed E-state index contributed by atoms with van der Waals surface area (Å²) in [6, 6.07) is 5.14. The van der Waals surface area contributed by atoms with Crippen LogP contribution >= 0.6 is 12.8 Å². The Morgan fingerprint density at radius 1 is 1.35 bits per heavy atom. The number of benzene rings is 1. The van der Waals surface area contributed by atoms with E-state index in [0.29, 0.717) is 24.4 Å². The number of methoxy groups -OCH3 is 1. The van der Waals surface area contributed by atoms with Crippen molar-refractivity contribution in [3.63, 3.8) is 0 Å². The lowest BCUT2D eigenvalue weighted by Crippen LogP contribution is -2.56. The van der Waals surface area contributed by atoms with Gasteiger partial charge in [0.25, 0.3) is 5.91 Å². The Morgan fingerprint density at radius 2 is 2.04 bits per heavy atom. The Morgan fingerprint density at radius 3 is 2.61 bits per heavy atom. The zero-order valence-electron chi connectivity index (χ0n) is 13.3.